The van der Waals surface area contributed by atoms with Crippen LogP contribution in [-0.2, 0) is 11.3 Å². The molecule has 0 N–H and O–H groups in total. The van der Waals surface area contributed by atoms with Crippen molar-refractivity contribution in [2.24, 2.45) is 0 Å². The highest BCUT2D eigenvalue weighted by molar-refractivity contribution is 7.17. The lowest BCUT2D eigenvalue weighted by molar-refractivity contribution is -0.136. The summed E-state index contributed by atoms with van der Waals surface area (Å²) in [5, 5.41) is 2.32. The van der Waals surface area contributed by atoms with E-state index in [2.05, 4.69) is 4.98 Å². The second-order valence-corrected chi connectivity index (χ2v) is 8.19. The minimum atomic E-state index is -0.329. The molecule has 3 rings (SSSR count). The first kappa shape index (κ1) is 21.2. The Morgan fingerprint density at radius 1 is 1.17 bits per heavy atom. The molecule has 1 aromatic carbocycles. The summed E-state index contributed by atoms with van der Waals surface area (Å²) < 4.78 is 14.7. The largest absolute Gasteiger partial charge is 0.336 e. The summed E-state index contributed by atoms with van der Waals surface area (Å²) in [7, 11) is 0. The second kappa shape index (κ2) is 8.86. The molecule has 0 aliphatic heterocycles. The Hall–Kier alpha value is -2.54. The number of aromatic nitrogens is 2. The van der Waals surface area contributed by atoms with Gasteiger partial charge in [0.05, 0.1) is 11.7 Å². The van der Waals surface area contributed by atoms with Gasteiger partial charge in [-0.2, -0.15) is 0 Å². The maximum Gasteiger partial charge on any atom is 0.263 e. The molecule has 3 aromatic rings. The highest BCUT2D eigenvalue weighted by Crippen LogP contribution is 2.30. The standard InChI is InChI=1S/C22H26FN3O2S/c1-5-14(3)26(15(4)6-2)19(27)11-25-13-24-21-20(22(25)28)18(12-29-21)16-7-9-17(23)10-8-16/h7-10,12-15H,5-6,11H2,1-4H3/t14-,15-/m1/s1. The van der Waals surface area contributed by atoms with Gasteiger partial charge in [0.1, 0.15) is 17.2 Å². The van der Waals surface area contributed by atoms with Gasteiger partial charge in [0.25, 0.3) is 5.56 Å². The molecule has 154 valence electrons. The molecule has 29 heavy (non-hydrogen) atoms. The maximum absolute atomic E-state index is 13.3. The summed E-state index contributed by atoms with van der Waals surface area (Å²) in [6.45, 7) is 8.11. The third-order valence-electron chi connectivity index (χ3n) is 5.44. The SMILES string of the molecule is CC[C@@H](C)N(C(=O)Cn1cnc2scc(-c3ccc(F)cc3)c2c1=O)[C@H](C)CC. The van der Waals surface area contributed by atoms with E-state index in [0.29, 0.717) is 15.8 Å². The zero-order chi connectivity index (χ0) is 21.1. The van der Waals surface area contributed by atoms with E-state index in [1.54, 1.807) is 12.1 Å². The Morgan fingerprint density at radius 2 is 1.79 bits per heavy atom. The molecule has 0 saturated carbocycles. The van der Waals surface area contributed by atoms with Crippen molar-refractivity contribution in [3.05, 3.63) is 52.1 Å². The van der Waals surface area contributed by atoms with Gasteiger partial charge in [-0.25, -0.2) is 9.37 Å². The van der Waals surface area contributed by atoms with Crippen molar-refractivity contribution in [2.75, 3.05) is 0 Å². The van der Waals surface area contributed by atoms with Crippen LogP contribution < -0.4 is 5.56 Å². The van der Waals surface area contributed by atoms with Crippen molar-refractivity contribution in [1.82, 2.24) is 14.5 Å². The normalized spacial score (nSPS) is 13.4. The minimum Gasteiger partial charge on any atom is -0.336 e. The quantitative estimate of drug-likeness (QED) is 0.563. The molecule has 0 saturated heterocycles. The minimum absolute atomic E-state index is 0.0465. The van der Waals surface area contributed by atoms with Crippen molar-refractivity contribution in [3.63, 3.8) is 0 Å². The predicted molar refractivity (Wildman–Crippen MR) is 116 cm³/mol. The number of fused-ring (bicyclic) bond motifs is 1. The summed E-state index contributed by atoms with van der Waals surface area (Å²) in [4.78, 5) is 33.1. The predicted octanol–water partition coefficient (Wildman–Crippen LogP) is 4.69. The van der Waals surface area contributed by atoms with Crippen LogP contribution in [0.1, 0.15) is 40.5 Å². The Kier molecular flexibility index (Phi) is 6.47. The zero-order valence-corrected chi connectivity index (χ0v) is 18.0. The van der Waals surface area contributed by atoms with Crippen molar-refractivity contribution in [1.29, 1.82) is 0 Å². The van der Waals surface area contributed by atoms with Crippen LogP contribution in [-0.4, -0.2) is 32.4 Å². The van der Waals surface area contributed by atoms with Gasteiger partial charge in [0.2, 0.25) is 5.91 Å². The van der Waals surface area contributed by atoms with E-state index in [9.17, 15) is 14.0 Å². The molecular weight excluding hydrogens is 389 g/mol. The van der Waals surface area contributed by atoms with E-state index in [1.165, 1.54) is 34.4 Å². The molecule has 0 aliphatic rings. The van der Waals surface area contributed by atoms with Crippen LogP contribution in [0.25, 0.3) is 21.3 Å². The molecule has 0 spiro atoms. The van der Waals surface area contributed by atoms with Crippen molar-refractivity contribution in [2.45, 2.75) is 59.2 Å². The maximum atomic E-state index is 13.3. The third-order valence-corrected chi connectivity index (χ3v) is 6.33. The Morgan fingerprint density at radius 3 is 2.38 bits per heavy atom. The molecule has 5 nitrogen and oxygen atoms in total. The highest BCUT2D eigenvalue weighted by Gasteiger charge is 2.24. The summed E-state index contributed by atoms with van der Waals surface area (Å²) in [6.07, 6.45) is 3.14. The molecule has 0 radical (unpaired) electrons. The number of nitrogens with zero attached hydrogens (tertiary/aromatic N) is 3. The van der Waals surface area contributed by atoms with Crippen LogP contribution in [0.4, 0.5) is 4.39 Å². The number of hydrogen-bond acceptors (Lipinski definition) is 4. The first-order valence-electron chi connectivity index (χ1n) is 9.91. The number of rotatable bonds is 7. The van der Waals surface area contributed by atoms with E-state index < -0.39 is 0 Å². The van der Waals surface area contributed by atoms with Crippen LogP contribution in [0.3, 0.4) is 0 Å². The summed E-state index contributed by atoms with van der Waals surface area (Å²) in [5.41, 5.74) is 1.21. The molecule has 0 bridgehead atoms. The van der Waals surface area contributed by atoms with Gasteiger partial charge in [0.15, 0.2) is 0 Å². The fourth-order valence-electron chi connectivity index (χ4n) is 3.47. The average molecular weight is 416 g/mol. The molecule has 0 aliphatic carbocycles. The average Bonchev–Trinajstić information content (AvgIpc) is 3.15. The molecule has 2 heterocycles. The van der Waals surface area contributed by atoms with Gasteiger partial charge < -0.3 is 4.90 Å². The number of amides is 1. The lowest BCUT2D eigenvalue weighted by atomic mass is 10.1. The van der Waals surface area contributed by atoms with Gasteiger partial charge in [-0.3, -0.25) is 14.2 Å². The summed E-state index contributed by atoms with van der Waals surface area (Å²) in [6, 6.07) is 6.22. The highest BCUT2D eigenvalue weighted by atomic mass is 32.1. The molecule has 7 heteroatoms. The lowest BCUT2D eigenvalue weighted by Gasteiger charge is -2.34. The molecule has 2 aromatic heterocycles. The fourth-order valence-corrected chi connectivity index (χ4v) is 4.38. The number of carbonyl (C=O) groups excluding carboxylic acids is 1. The van der Waals surface area contributed by atoms with E-state index in [1.807, 2.05) is 38.0 Å². The topological polar surface area (TPSA) is 55.2 Å². The zero-order valence-electron chi connectivity index (χ0n) is 17.2. The number of benzene rings is 1. The van der Waals surface area contributed by atoms with Crippen molar-refractivity contribution < 1.29 is 9.18 Å². The summed E-state index contributed by atoms with van der Waals surface area (Å²) >= 11 is 1.36. The van der Waals surface area contributed by atoms with Crippen LogP contribution in [0.2, 0.25) is 0 Å². The van der Waals surface area contributed by atoms with Crippen LogP contribution in [0, 0.1) is 5.82 Å². The Balaban J connectivity index is 1.99. The summed E-state index contributed by atoms with van der Waals surface area (Å²) in [5.74, 6) is -0.417. The van der Waals surface area contributed by atoms with Crippen molar-refractivity contribution >= 4 is 27.5 Å². The number of hydrogen-bond donors (Lipinski definition) is 0. The molecule has 0 unspecified atom stereocenters. The van der Waals surface area contributed by atoms with Crippen molar-refractivity contribution in [3.8, 4) is 11.1 Å². The third kappa shape index (κ3) is 4.24. The van der Waals surface area contributed by atoms with Gasteiger partial charge >= 0.3 is 0 Å². The van der Waals surface area contributed by atoms with E-state index in [-0.39, 0.29) is 35.9 Å². The number of thiophene rings is 1. The fraction of sp³-hybridized carbons (Fsp3) is 0.409. The van der Waals surface area contributed by atoms with E-state index in [4.69, 9.17) is 0 Å². The molecular formula is C22H26FN3O2S. The van der Waals surface area contributed by atoms with Gasteiger partial charge in [-0.15, -0.1) is 11.3 Å². The Bertz CT molecular complexity index is 1050. The number of halogens is 1. The van der Waals surface area contributed by atoms with Crippen LogP contribution in [0.15, 0.2) is 40.8 Å². The Labute approximate surface area is 173 Å². The smallest absolute Gasteiger partial charge is 0.263 e. The first-order valence-corrected chi connectivity index (χ1v) is 10.8. The second-order valence-electron chi connectivity index (χ2n) is 7.33. The monoisotopic (exact) mass is 415 g/mol. The molecule has 1 amide bonds. The van der Waals surface area contributed by atoms with E-state index in [0.717, 1.165) is 18.4 Å². The first-order chi connectivity index (χ1) is 13.9. The van der Waals surface area contributed by atoms with E-state index >= 15 is 0 Å². The number of carbonyl (C=O) groups is 1. The van der Waals surface area contributed by atoms with Crippen LogP contribution >= 0.6 is 11.3 Å². The molecule has 0 fully saturated rings. The van der Waals surface area contributed by atoms with Gasteiger partial charge in [0, 0.05) is 23.0 Å². The lowest BCUT2D eigenvalue weighted by Crippen LogP contribution is -2.46. The van der Waals surface area contributed by atoms with Gasteiger partial charge in [-0.05, 0) is 44.4 Å². The molecule has 2 atom stereocenters. The van der Waals surface area contributed by atoms with Gasteiger partial charge in [-0.1, -0.05) is 26.0 Å². The van der Waals surface area contributed by atoms with Crippen LogP contribution in [0.5, 0.6) is 0 Å².